The molecule has 2 aromatic heterocycles. The van der Waals surface area contributed by atoms with Crippen LogP contribution in [0.2, 0.25) is 0 Å². The van der Waals surface area contributed by atoms with E-state index >= 15 is 0 Å². The van der Waals surface area contributed by atoms with E-state index in [1.165, 1.54) is 11.8 Å². The zero-order valence-corrected chi connectivity index (χ0v) is 35.5. The summed E-state index contributed by atoms with van der Waals surface area (Å²) in [7, 11) is 1.60. The molecule has 0 aliphatic heterocycles. The molecule has 13 nitrogen and oxygen atoms in total. The Morgan fingerprint density at radius 3 is 1.72 bits per heavy atom. The highest BCUT2D eigenvalue weighted by molar-refractivity contribution is 7.98. The van der Waals surface area contributed by atoms with Gasteiger partial charge in [-0.1, -0.05) is 78.9 Å². The van der Waals surface area contributed by atoms with Crippen LogP contribution in [0.4, 0.5) is 0 Å². The number of hydrogen-bond acceptors (Lipinski definition) is 9. The van der Waals surface area contributed by atoms with Crippen LogP contribution >= 0.6 is 11.8 Å². The molecule has 14 heteroatoms. The third kappa shape index (κ3) is 12.1. The van der Waals surface area contributed by atoms with Crippen molar-refractivity contribution < 1.29 is 33.4 Å². The maximum atomic E-state index is 14.6. The van der Waals surface area contributed by atoms with E-state index in [0.29, 0.717) is 11.3 Å². The Kier molecular flexibility index (Phi) is 14.7. The molecule has 2 heterocycles. The Morgan fingerprint density at radius 1 is 0.639 bits per heavy atom. The van der Waals surface area contributed by atoms with Crippen LogP contribution in [0.1, 0.15) is 43.0 Å². The van der Waals surface area contributed by atoms with Gasteiger partial charge in [0.15, 0.2) is 0 Å². The van der Waals surface area contributed by atoms with E-state index in [1.54, 1.807) is 40.3 Å². The second-order valence-corrected chi connectivity index (χ2v) is 16.9. The highest BCUT2D eigenvalue weighted by Gasteiger charge is 2.35. The first-order valence-electron chi connectivity index (χ1n) is 20.1. The number of hydrogen-bond donors (Lipinski definition) is 6. The van der Waals surface area contributed by atoms with Gasteiger partial charge in [-0.3, -0.25) is 19.2 Å². The summed E-state index contributed by atoms with van der Waals surface area (Å²) in [6, 6.07) is 27.2. The van der Waals surface area contributed by atoms with Gasteiger partial charge in [-0.05, 0) is 67.3 Å². The number of nitrogens with two attached hydrogens (primary N) is 1. The fourth-order valence-corrected chi connectivity index (χ4v) is 7.86. The first kappa shape index (κ1) is 44.2. The summed E-state index contributed by atoms with van der Waals surface area (Å²) in [5.41, 5.74) is 10.3. The minimum Gasteiger partial charge on any atom is -0.497 e. The first-order valence-corrected chi connectivity index (χ1v) is 21.2. The Labute approximate surface area is 358 Å². The fraction of sp³-hybridized carbons (Fsp3) is 0.298. The van der Waals surface area contributed by atoms with Crippen LogP contribution in [0, 0.1) is 0 Å². The third-order valence-corrected chi connectivity index (χ3v) is 11.2. The summed E-state index contributed by atoms with van der Waals surface area (Å²) in [6.45, 7) is 4.95. The van der Waals surface area contributed by atoms with Crippen molar-refractivity contribution in [3.63, 3.8) is 0 Å². The number of rotatable bonds is 19. The summed E-state index contributed by atoms with van der Waals surface area (Å²) < 4.78 is 10.7. The largest absolute Gasteiger partial charge is 0.497 e. The molecule has 6 aromatic rings. The number of aromatic nitrogens is 2. The summed E-state index contributed by atoms with van der Waals surface area (Å²) in [6.07, 6.45) is 3.57. The number of amides is 3. The van der Waals surface area contributed by atoms with Crippen molar-refractivity contribution in [2.45, 2.75) is 75.6 Å². The standard InChI is InChI=1S/C47H52N6O7S/c1-47(2,3)60-46(58)42(54)39(23-31-25-49-37-16-10-8-14-34(31)37)51-45(57)41(24-32-26-50-38-17-11-9-15-35(32)38)53-44(56)40(22-29-12-6-5-7-13-29)52-43(55)36(48)28-61-27-30-18-20-33(59-4)21-19-30/h5-21,25-26,36,39-41,49-50H,22-24,27-28,48H2,1-4H3,(H,51,57)(H,52,55)(H,53,56)/t36-,39+,40-,41-/m0/s1. The lowest BCUT2D eigenvalue weighted by molar-refractivity contribution is -0.163. The number of aromatic amines is 2. The van der Waals surface area contributed by atoms with Crippen LogP contribution in [0.5, 0.6) is 5.75 Å². The van der Waals surface area contributed by atoms with Crippen molar-refractivity contribution in [3.05, 3.63) is 138 Å². The molecule has 0 aliphatic carbocycles. The lowest BCUT2D eigenvalue weighted by atomic mass is 9.99. The molecule has 4 aromatic carbocycles. The molecule has 3 amide bonds. The monoisotopic (exact) mass is 844 g/mol. The predicted molar refractivity (Wildman–Crippen MR) is 238 cm³/mol. The molecule has 0 saturated heterocycles. The highest BCUT2D eigenvalue weighted by Crippen LogP contribution is 2.22. The van der Waals surface area contributed by atoms with Crippen LogP contribution in [0.3, 0.4) is 0 Å². The molecule has 4 atom stereocenters. The molecule has 61 heavy (non-hydrogen) atoms. The first-order chi connectivity index (χ1) is 29.3. The predicted octanol–water partition coefficient (Wildman–Crippen LogP) is 5.31. The van der Waals surface area contributed by atoms with Crippen LogP contribution in [-0.4, -0.2) is 82.1 Å². The number of ketones is 1. The smallest absolute Gasteiger partial charge is 0.377 e. The average molecular weight is 845 g/mol. The van der Waals surface area contributed by atoms with E-state index in [1.807, 2.05) is 103 Å². The number of thioether (sulfide) groups is 1. The third-order valence-electron chi connectivity index (χ3n) is 10.0. The van der Waals surface area contributed by atoms with E-state index in [2.05, 4.69) is 25.9 Å². The number of carbonyl (C=O) groups is 5. The van der Waals surface area contributed by atoms with Gasteiger partial charge in [0.2, 0.25) is 17.7 Å². The number of carbonyl (C=O) groups excluding carboxylic acids is 5. The minimum atomic E-state index is -1.35. The lowest BCUT2D eigenvalue weighted by Crippen LogP contribution is -2.59. The van der Waals surface area contributed by atoms with E-state index in [-0.39, 0.29) is 25.0 Å². The quantitative estimate of drug-likeness (QED) is 0.0463. The number of fused-ring (bicyclic) bond motifs is 2. The molecular formula is C47H52N6O7S. The van der Waals surface area contributed by atoms with Gasteiger partial charge in [-0.25, -0.2) is 4.79 Å². The lowest BCUT2D eigenvalue weighted by Gasteiger charge is -2.26. The van der Waals surface area contributed by atoms with Gasteiger partial charge in [0.1, 0.15) is 29.5 Å². The van der Waals surface area contributed by atoms with Gasteiger partial charge < -0.3 is 41.1 Å². The van der Waals surface area contributed by atoms with Gasteiger partial charge >= 0.3 is 5.97 Å². The Balaban J connectivity index is 1.25. The molecule has 0 saturated carbocycles. The number of methoxy groups -OCH3 is 1. The fourth-order valence-electron chi connectivity index (χ4n) is 6.91. The van der Waals surface area contributed by atoms with E-state index < -0.39 is 59.2 Å². The number of nitrogens with one attached hydrogen (secondary N) is 5. The van der Waals surface area contributed by atoms with Crippen molar-refractivity contribution in [1.82, 2.24) is 25.9 Å². The average Bonchev–Trinajstić information content (AvgIpc) is 3.86. The van der Waals surface area contributed by atoms with E-state index in [0.717, 1.165) is 44.2 Å². The summed E-state index contributed by atoms with van der Waals surface area (Å²) >= 11 is 1.48. The zero-order chi connectivity index (χ0) is 43.5. The van der Waals surface area contributed by atoms with Crippen molar-refractivity contribution in [1.29, 1.82) is 0 Å². The molecule has 0 spiro atoms. The number of esters is 1. The van der Waals surface area contributed by atoms with Crippen LogP contribution in [-0.2, 0) is 53.7 Å². The van der Waals surface area contributed by atoms with Crippen molar-refractivity contribution in [3.8, 4) is 5.75 Å². The molecule has 0 fully saturated rings. The van der Waals surface area contributed by atoms with Crippen molar-refractivity contribution >= 4 is 63.0 Å². The number of para-hydroxylation sites is 2. The molecule has 0 unspecified atom stereocenters. The van der Waals surface area contributed by atoms with Crippen LogP contribution in [0.25, 0.3) is 21.8 Å². The summed E-state index contributed by atoms with van der Waals surface area (Å²) in [5, 5.41) is 10.2. The number of H-pyrrole nitrogens is 2. The summed E-state index contributed by atoms with van der Waals surface area (Å²) in [4.78, 5) is 76.1. The Hall–Kier alpha value is -6.38. The Bertz CT molecular complexity index is 2460. The van der Waals surface area contributed by atoms with E-state index in [4.69, 9.17) is 15.2 Å². The maximum Gasteiger partial charge on any atom is 0.377 e. The topological polar surface area (TPSA) is 197 Å². The molecule has 0 aliphatic rings. The van der Waals surface area contributed by atoms with Crippen LogP contribution in [0.15, 0.2) is 116 Å². The van der Waals surface area contributed by atoms with Crippen molar-refractivity contribution in [2.24, 2.45) is 5.73 Å². The number of benzene rings is 4. The highest BCUT2D eigenvalue weighted by atomic mass is 32.2. The molecule has 0 bridgehead atoms. The number of Topliss-reactive ketones (excluding diaryl/α,β-unsaturated/α-hetero) is 1. The minimum absolute atomic E-state index is 0.00946. The SMILES string of the molecule is COc1ccc(CSC[C@H](N)C(=O)N[C@@H](Cc2ccccc2)C(=O)N[C@@H](Cc2c[nH]c3ccccc23)C(=O)N[C@H](Cc2c[nH]c3ccccc23)C(=O)C(=O)OC(C)(C)C)cc1. The van der Waals surface area contributed by atoms with Gasteiger partial charge in [-0.15, -0.1) is 0 Å². The normalized spacial score (nSPS) is 13.5. The number of ether oxygens (including phenoxy) is 2. The summed E-state index contributed by atoms with van der Waals surface area (Å²) in [5.74, 6) is -2.28. The molecule has 0 radical (unpaired) electrons. The molecular weight excluding hydrogens is 793 g/mol. The Morgan fingerprint density at radius 2 is 1.15 bits per heavy atom. The molecule has 318 valence electrons. The van der Waals surface area contributed by atoms with Gasteiger partial charge in [0, 0.05) is 65.0 Å². The van der Waals surface area contributed by atoms with Gasteiger partial charge in [0.25, 0.3) is 5.78 Å². The zero-order valence-electron chi connectivity index (χ0n) is 34.7. The van der Waals surface area contributed by atoms with Gasteiger partial charge in [0.05, 0.1) is 13.2 Å². The maximum absolute atomic E-state index is 14.6. The van der Waals surface area contributed by atoms with E-state index in [9.17, 15) is 24.0 Å². The van der Waals surface area contributed by atoms with Gasteiger partial charge in [-0.2, -0.15) is 11.8 Å². The van der Waals surface area contributed by atoms with Crippen LogP contribution < -0.4 is 26.4 Å². The second kappa shape index (κ2) is 20.3. The van der Waals surface area contributed by atoms with Crippen molar-refractivity contribution in [2.75, 3.05) is 12.9 Å². The second-order valence-electron chi connectivity index (χ2n) is 15.8. The molecule has 7 N–H and O–H groups in total. The molecule has 6 rings (SSSR count).